The summed E-state index contributed by atoms with van der Waals surface area (Å²) < 4.78 is 5.02. The third kappa shape index (κ3) is 4.76. The first-order valence-electron chi connectivity index (χ1n) is 9.40. The molecule has 152 valence electrons. The molecule has 1 aromatic carbocycles. The van der Waals surface area contributed by atoms with Gasteiger partial charge < -0.3 is 10.1 Å². The van der Waals surface area contributed by atoms with Gasteiger partial charge in [0.2, 0.25) is 5.91 Å². The van der Waals surface area contributed by atoms with Gasteiger partial charge in [-0.3, -0.25) is 4.79 Å². The van der Waals surface area contributed by atoms with E-state index in [4.69, 9.17) is 4.74 Å². The largest absolute Gasteiger partial charge is 0.462 e. The van der Waals surface area contributed by atoms with E-state index >= 15 is 0 Å². The fourth-order valence-electron chi connectivity index (χ4n) is 2.86. The van der Waals surface area contributed by atoms with E-state index in [1.54, 1.807) is 48.9 Å². The zero-order chi connectivity index (χ0) is 21.0. The molecule has 0 aliphatic heterocycles. The summed E-state index contributed by atoms with van der Waals surface area (Å²) >= 11 is 3.08. The molecule has 0 spiro atoms. The number of nitrogens with zero attached hydrogens (tertiary/aromatic N) is 2. The zero-order valence-electron chi connectivity index (χ0n) is 16.8. The topological polar surface area (TPSA) is 81.2 Å². The van der Waals surface area contributed by atoms with Crippen molar-refractivity contribution in [3.63, 3.8) is 0 Å². The highest BCUT2D eigenvalue weighted by atomic mass is 32.2. The molecule has 0 saturated heterocycles. The Labute approximate surface area is 178 Å². The van der Waals surface area contributed by atoms with Gasteiger partial charge in [0, 0.05) is 16.0 Å². The van der Waals surface area contributed by atoms with E-state index in [9.17, 15) is 9.59 Å². The molecule has 1 unspecified atom stereocenters. The zero-order valence-corrected chi connectivity index (χ0v) is 18.4. The summed E-state index contributed by atoms with van der Waals surface area (Å²) in [6.07, 6.45) is 2.19. The first-order valence-corrected chi connectivity index (χ1v) is 11.1. The Morgan fingerprint density at radius 2 is 2.03 bits per heavy atom. The first kappa shape index (κ1) is 21.3. The number of hydrogen-bond acceptors (Lipinski definition) is 7. The number of nitrogens with one attached hydrogen (secondary N) is 1. The van der Waals surface area contributed by atoms with E-state index in [-0.39, 0.29) is 11.2 Å². The Balaban J connectivity index is 1.79. The molecular weight excluding hydrogens is 406 g/mol. The van der Waals surface area contributed by atoms with Crippen molar-refractivity contribution in [2.24, 2.45) is 0 Å². The van der Waals surface area contributed by atoms with Crippen molar-refractivity contribution in [3.05, 3.63) is 46.6 Å². The maximum atomic E-state index is 12.9. The van der Waals surface area contributed by atoms with E-state index in [2.05, 4.69) is 29.1 Å². The summed E-state index contributed by atoms with van der Waals surface area (Å²) in [6, 6.07) is 6.77. The number of anilines is 1. The molecule has 0 fully saturated rings. The normalized spacial score (nSPS) is 12.0. The van der Waals surface area contributed by atoms with Crippen LogP contribution in [0.3, 0.4) is 0 Å². The standard InChI is InChI=1S/C21H23N3O3S2/c1-5-16(29-20-17-12(3)13(4)28-19(17)22-11-23-20)18(25)24-15-9-7-8-14(10-15)21(26)27-6-2/h7-11,16H,5-6H2,1-4H3,(H,24,25). The molecule has 29 heavy (non-hydrogen) atoms. The quantitative estimate of drug-likeness (QED) is 0.324. The lowest BCUT2D eigenvalue weighted by Gasteiger charge is -2.15. The van der Waals surface area contributed by atoms with Crippen LogP contribution >= 0.6 is 23.1 Å². The summed E-state index contributed by atoms with van der Waals surface area (Å²) in [7, 11) is 0. The number of carbonyl (C=O) groups excluding carboxylic acids is 2. The number of hydrogen-bond donors (Lipinski definition) is 1. The van der Waals surface area contributed by atoms with Gasteiger partial charge in [0.15, 0.2) is 0 Å². The number of aromatic nitrogens is 2. The molecule has 0 aliphatic carbocycles. The van der Waals surface area contributed by atoms with Gasteiger partial charge in [-0.05, 0) is 51.0 Å². The van der Waals surface area contributed by atoms with Crippen molar-refractivity contribution in [2.45, 2.75) is 44.4 Å². The summed E-state index contributed by atoms with van der Waals surface area (Å²) in [5.41, 5.74) is 2.13. The van der Waals surface area contributed by atoms with Crippen LogP contribution in [0.15, 0.2) is 35.6 Å². The number of ether oxygens (including phenoxy) is 1. The molecular formula is C21H23N3O3S2. The summed E-state index contributed by atoms with van der Waals surface area (Å²) in [4.78, 5) is 35.7. The molecule has 3 aromatic rings. The third-order valence-corrected chi connectivity index (χ3v) is 6.97. The van der Waals surface area contributed by atoms with Crippen molar-refractivity contribution in [2.75, 3.05) is 11.9 Å². The molecule has 1 N–H and O–H groups in total. The van der Waals surface area contributed by atoms with Crippen LogP contribution in [-0.4, -0.2) is 33.7 Å². The molecule has 1 amide bonds. The number of rotatable bonds is 7. The van der Waals surface area contributed by atoms with E-state index in [0.717, 1.165) is 20.8 Å². The highest BCUT2D eigenvalue weighted by Crippen LogP contribution is 2.36. The monoisotopic (exact) mass is 429 g/mol. The van der Waals surface area contributed by atoms with Crippen LogP contribution in [0.2, 0.25) is 0 Å². The minimum atomic E-state index is -0.406. The molecule has 2 aromatic heterocycles. The number of benzene rings is 1. The van der Waals surface area contributed by atoms with Crippen LogP contribution in [0.25, 0.3) is 10.2 Å². The van der Waals surface area contributed by atoms with Crippen LogP contribution in [0.5, 0.6) is 0 Å². The highest BCUT2D eigenvalue weighted by molar-refractivity contribution is 8.00. The number of aryl methyl sites for hydroxylation is 2. The molecule has 0 aliphatic rings. The smallest absolute Gasteiger partial charge is 0.338 e. The molecule has 2 heterocycles. The predicted octanol–water partition coefficient (Wildman–Crippen LogP) is 4.99. The lowest BCUT2D eigenvalue weighted by atomic mass is 10.2. The Hall–Kier alpha value is -2.45. The fraction of sp³-hybridized carbons (Fsp3) is 0.333. The van der Waals surface area contributed by atoms with Gasteiger partial charge in [-0.15, -0.1) is 11.3 Å². The predicted molar refractivity (Wildman–Crippen MR) is 118 cm³/mol. The van der Waals surface area contributed by atoms with Gasteiger partial charge in [-0.1, -0.05) is 24.8 Å². The van der Waals surface area contributed by atoms with Gasteiger partial charge in [-0.2, -0.15) is 0 Å². The number of thiophene rings is 1. The summed E-state index contributed by atoms with van der Waals surface area (Å²) in [5.74, 6) is -0.536. The third-order valence-electron chi connectivity index (χ3n) is 4.49. The Kier molecular flexibility index (Phi) is 6.87. The Morgan fingerprint density at radius 3 is 2.76 bits per heavy atom. The van der Waals surface area contributed by atoms with E-state index in [0.29, 0.717) is 24.3 Å². The van der Waals surface area contributed by atoms with E-state index < -0.39 is 5.97 Å². The van der Waals surface area contributed by atoms with Crippen LogP contribution in [0.1, 0.15) is 41.1 Å². The van der Waals surface area contributed by atoms with Crippen molar-refractivity contribution in [3.8, 4) is 0 Å². The van der Waals surface area contributed by atoms with Gasteiger partial charge in [0.05, 0.1) is 17.4 Å². The van der Waals surface area contributed by atoms with Crippen molar-refractivity contribution in [1.82, 2.24) is 9.97 Å². The molecule has 0 saturated carbocycles. The Bertz CT molecular complexity index is 1050. The van der Waals surface area contributed by atoms with Gasteiger partial charge >= 0.3 is 5.97 Å². The molecule has 3 rings (SSSR count). The van der Waals surface area contributed by atoms with E-state index in [1.165, 1.54) is 16.6 Å². The lowest BCUT2D eigenvalue weighted by Crippen LogP contribution is -2.24. The summed E-state index contributed by atoms with van der Waals surface area (Å²) in [6.45, 7) is 8.16. The lowest BCUT2D eigenvalue weighted by molar-refractivity contribution is -0.115. The van der Waals surface area contributed by atoms with Gasteiger partial charge in [0.1, 0.15) is 16.2 Å². The van der Waals surface area contributed by atoms with Crippen LogP contribution in [0.4, 0.5) is 5.69 Å². The average molecular weight is 430 g/mol. The maximum absolute atomic E-state index is 12.9. The van der Waals surface area contributed by atoms with Crippen molar-refractivity contribution < 1.29 is 14.3 Å². The van der Waals surface area contributed by atoms with Crippen LogP contribution < -0.4 is 5.32 Å². The minimum Gasteiger partial charge on any atom is -0.462 e. The second kappa shape index (κ2) is 9.37. The number of fused-ring (bicyclic) bond motifs is 1. The second-order valence-corrected chi connectivity index (χ2v) is 8.84. The van der Waals surface area contributed by atoms with Crippen LogP contribution in [-0.2, 0) is 9.53 Å². The molecule has 8 heteroatoms. The number of esters is 1. The number of carbonyl (C=O) groups is 2. The molecule has 1 atom stereocenters. The highest BCUT2D eigenvalue weighted by Gasteiger charge is 2.22. The summed E-state index contributed by atoms with van der Waals surface area (Å²) in [5, 5.41) is 4.43. The second-order valence-electron chi connectivity index (χ2n) is 6.45. The van der Waals surface area contributed by atoms with E-state index in [1.807, 2.05) is 6.92 Å². The molecule has 0 radical (unpaired) electrons. The number of amides is 1. The molecule has 0 bridgehead atoms. The first-order chi connectivity index (χ1) is 13.9. The fourth-order valence-corrected chi connectivity index (χ4v) is 5.00. The SMILES string of the molecule is CCOC(=O)c1cccc(NC(=O)C(CC)Sc2ncnc3sc(C)c(C)c23)c1. The van der Waals surface area contributed by atoms with Crippen molar-refractivity contribution in [1.29, 1.82) is 0 Å². The Morgan fingerprint density at radius 1 is 1.24 bits per heavy atom. The van der Waals surface area contributed by atoms with Gasteiger partial charge in [-0.25, -0.2) is 14.8 Å². The minimum absolute atomic E-state index is 0.130. The average Bonchev–Trinajstić information content (AvgIpc) is 3.01. The number of thioether (sulfide) groups is 1. The maximum Gasteiger partial charge on any atom is 0.338 e. The molecule has 6 nitrogen and oxygen atoms in total. The van der Waals surface area contributed by atoms with Crippen molar-refractivity contribution >= 4 is 50.9 Å². The van der Waals surface area contributed by atoms with Crippen LogP contribution in [0, 0.1) is 13.8 Å². The van der Waals surface area contributed by atoms with Gasteiger partial charge in [0.25, 0.3) is 0 Å².